The molecule has 150 valence electrons. The third-order valence-electron chi connectivity index (χ3n) is 5.48. The van der Waals surface area contributed by atoms with E-state index in [2.05, 4.69) is 10.3 Å². The molecule has 0 amide bonds. The molecular formula is C22H23F2N5. The summed E-state index contributed by atoms with van der Waals surface area (Å²) < 4.78 is 31.1. The monoisotopic (exact) mass is 395 g/mol. The van der Waals surface area contributed by atoms with Gasteiger partial charge < -0.3 is 10.3 Å². The summed E-state index contributed by atoms with van der Waals surface area (Å²) in [7, 11) is 0. The summed E-state index contributed by atoms with van der Waals surface area (Å²) in [5.41, 5.74) is 1.26. The zero-order valence-electron chi connectivity index (χ0n) is 16.8. The Morgan fingerprint density at radius 1 is 1.24 bits per heavy atom. The zero-order valence-corrected chi connectivity index (χ0v) is 16.8. The van der Waals surface area contributed by atoms with E-state index < -0.39 is 17.2 Å². The summed E-state index contributed by atoms with van der Waals surface area (Å²) >= 11 is 0. The average molecular weight is 395 g/mol. The highest BCUT2D eigenvalue weighted by molar-refractivity contribution is 6.24. The maximum Gasteiger partial charge on any atom is 0.160 e. The van der Waals surface area contributed by atoms with Crippen LogP contribution in [0.25, 0.3) is 22.0 Å². The summed E-state index contributed by atoms with van der Waals surface area (Å²) in [6.07, 6.45) is 2.12. The van der Waals surface area contributed by atoms with Crippen molar-refractivity contribution in [2.24, 2.45) is 0 Å². The molecule has 2 aromatic carbocycles. The van der Waals surface area contributed by atoms with Gasteiger partial charge in [0.1, 0.15) is 23.2 Å². The fourth-order valence-electron chi connectivity index (χ4n) is 3.89. The first-order valence-electron chi connectivity index (χ1n) is 9.51. The maximum absolute atomic E-state index is 15.9. The second-order valence-corrected chi connectivity index (χ2v) is 7.88. The van der Waals surface area contributed by atoms with Crippen LogP contribution in [0.5, 0.6) is 0 Å². The lowest BCUT2D eigenvalue weighted by Gasteiger charge is -2.42. The lowest BCUT2D eigenvalue weighted by atomic mass is 9.93. The number of hydrogen-bond acceptors (Lipinski definition) is 3. The number of hydrogen-bond donors (Lipinski definition) is 4. The molecule has 3 aromatic rings. The fraction of sp³-hybridized carbons (Fsp3) is 0.273. The molecule has 1 aliphatic heterocycles. The van der Waals surface area contributed by atoms with E-state index in [1.54, 1.807) is 39.1 Å². The minimum Gasteiger partial charge on any atom is -0.371 e. The maximum atomic E-state index is 15.9. The van der Waals surface area contributed by atoms with Crippen molar-refractivity contribution < 1.29 is 8.78 Å². The van der Waals surface area contributed by atoms with Crippen molar-refractivity contribution in [3.8, 4) is 11.1 Å². The molecule has 0 saturated heterocycles. The Balaban J connectivity index is 2.04. The van der Waals surface area contributed by atoms with Gasteiger partial charge in [-0.2, -0.15) is 0 Å². The summed E-state index contributed by atoms with van der Waals surface area (Å²) in [6, 6.07) is 6.60. The van der Waals surface area contributed by atoms with Crippen molar-refractivity contribution in [3.63, 3.8) is 0 Å². The topological polar surface area (TPSA) is 78.8 Å². The Kier molecular flexibility index (Phi) is 4.22. The highest BCUT2D eigenvalue weighted by Crippen LogP contribution is 2.44. The van der Waals surface area contributed by atoms with Crippen molar-refractivity contribution in [1.29, 1.82) is 10.8 Å². The summed E-state index contributed by atoms with van der Waals surface area (Å²) in [6.45, 7) is 7.20. The largest absolute Gasteiger partial charge is 0.371 e. The van der Waals surface area contributed by atoms with E-state index in [-0.39, 0.29) is 28.6 Å². The minimum absolute atomic E-state index is 0.0119. The predicted molar refractivity (Wildman–Crippen MR) is 114 cm³/mol. The van der Waals surface area contributed by atoms with Gasteiger partial charge in [-0.1, -0.05) is 25.1 Å². The molecule has 4 rings (SSSR count). The predicted octanol–water partition coefficient (Wildman–Crippen LogP) is 5.80. The number of aryl methyl sites for hydroxylation is 1. The van der Waals surface area contributed by atoms with E-state index in [9.17, 15) is 0 Å². The molecule has 0 radical (unpaired) electrons. The molecule has 4 N–H and O–H groups in total. The van der Waals surface area contributed by atoms with E-state index in [0.29, 0.717) is 17.5 Å². The number of anilines is 2. The number of para-hydroxylation sites is 1. The van der Waals surface area contributed by atoms with Crippen LogP contribution in [0.4, 0.5) is 20.2 Å². The SMILES string of the molecule is CCC(=N)N1C(=N)C(C)(C)Nc2cc(F)c(-c3cccc4c(C)c[nH]c34)c(F)c21. The smallest absolute Gasteiger partial charge is 0.160 e. The first-order chi connectivity index (χ1) is 13.7. The molecule has 0 bridgehead atoms. The van der Waals surface area contributed by atoms with E-state index in [1.165, 1.54) is 11.0 Å². The van der Waals surface area contributed by atoms with Crippen LogP contribution in [0, 0.1) is 29.4 Å². The molecule has 29 heavy (non-hydrogen) atoms. The number of halogens is 2. The van der Waals surface area contributed by atoms with Crippen LogP contribution in [0.2, 0.25) is 0 Å². The molecule has 1 aromatic heterocycles. The van der Waals surface area contributed by atoms with E-state index in [0.717, 1.165) is 10.9 Å². The molecule has 7 heteroatoms. The van der Waals surface area contributed by atoms with Gasteiger partial charge >= 0.3 is 0 Å². The molecule has 0 unspecified atom stereocenters. The first-order valence-corrected chi connectivity index (χ1v) is 9.51. The van der Waals surface area contributed by atoms with Gasteiger partial charge in [-0.3, -0.25) is 15.7 Å². The van der Waals surface area contributed by atoms with E-state index in [4.69, 9.17) is 10.8 Å². The fourth-order valence-corrected chi connectivity index (χ4v) is 3.89. The van der Waals surface area contributed by atoms with Gasteiger partial charge in [0.2, 0.25) is 0 Å². The number of aromatic nitrogens is 1. The van der Waals surface area contributed by atoms with E-state index in [1.807, 2.05) is 13.0 Å². The van der Waals surface area contributed by atoms with Crippen molar-refractivity contribution in [3.05, 3.63) is 47.7 Å². The normalized spacial score (nSPS) is 15.4. The second kappa shape index (κ2) is 6.40. The number of rotatable bonds is 2. The van der Waals surface area contributed by atoms with Gasteiger partial charge in [0.05, 0.1) is 22.3 Å². The number of nitrogens with one attached hydrogen (secondary N) is 4. The lowest BCUT2D eigenvalue weighted by Crippen LogP contribution is -2.55. The van der Waals surface area contributed by atoms with Gasteiger partial charge in [-0.05, 0) is 26.3 Å². The zero-order chi connectivity index (χ0) is 21.1. The minimum atomic E-state index is -0.870. The van der Waals surface area contributed by atoms with Crippen LogP contribution in [-0.4, -0.2) is 22.2 Å². The number of nitrogens with zero attached hydrogens (tertiary/aromatic N) is 1. The average Bonchev–Trinajstić information content (AvgIpc) is 3.04. The number of amidine groups is 2. The summed E-state index contributed by atoms with van der Waals surface area (Å²) in [4.78, 5) is 4.39. The molecule has 0 aliphatic carbocycles. The number of aromatic amines is 1. The second-order valence-electron chi connectivity index (χ2n) is 7.88. The molecule has 5 nitrogen and oxygen atoms in total. The Bertz CT molecular complexity index is 1180. The third-order valence-corrected chi connectivity index (χ3v) is 5.48. The molecule has 0 saturated carbocycles. The van der Waals surface area contributed by atoms with Gasteiger partial charge in [-0.25, -0.2) is 8.78 Å². The Hall–Kier alpha value is -3.22. The molecule has 1 aliphatic rings. The first kappa shape index (κ1) is 19.1. The van der Waals surface area contributed by atoms with Crippen molar-refractivity contribution in [2.75, 3.05) is 10.2 Å². The number of H-pyrrole nitrogens is 1. The van der Waals surface area contributed by atoms with Crippen LogP contribution in [0.15, 0.2) is 30.5 Å². The number of benzene rings is 2. The van der Waals surface area contributed by atoms with Gasteiger partial charge in [0, 0.05) is 29.6 Å². The molecule has 2 heterocycles. The molecular weight excluding hydrogens is 372 g/mol. The van der Waals surface area contributed by atoms with Crippen LogP contribution in [0.1, 0.15) is 32.8 Å². The van der Waals surface area contributed by atoms with E-state index >= 15 is 8.78 Å². The summed E-state index contributed by atoms with van der Waals surface area (Å²) in [5.74, 6) is -1.36. The highest BCUT2D eigenvalue weighted by atomic mass is 19.1. The van der Waals surface area contributed by atoms with Crippen molar-refractivity contribution in [2.45, 2.75) is 39.7 Å². The molecule has 0 spiro atoms. The number of fused-ring (bicyclic) bond motifs is 2. The highest BCUT2D eigenvalue weighted by Gasteiger charge is 2.40. The molecule has 0 fully saturated rings. The van der Waals surface area contributed by atoms with Crippen molar-refractivity contribution >= 4 is 33.9 Å². The van der Waals surface area contributed by atoms with Gasteiger partial charge in [0.25, 0.3) is 0 Å². The lowest BCUT2D eigenvalue weighted by molar-refractivity contribution is 0.587. The third kappa shape index (κ3) is 2.72. The van der Waals surface area contributed by atoms with Crippen LogP contribution >= 0.6 is 0 Å². The quantitative estimate of drug-likeness (QED) is 0.327. The van der Waals surface area contributed by atoms with Gasteiger partial charge in [-0.15, -0.1) is 0 Å². The molecule has 0 atom stereocenters. The Morgan fingerprint density at radius 3 is 2.66 bits per heavy atom. The van der Waals surface area contributed by atoms with Crippen LogP contribution < -0.4 is 10.2 Å². The van der Waals surface area contributed by atoms with Crippen molar-refractivity contribution in [1.82, 2.24) is 4.98 Å². The van der Waals surface area contributed by atoms with Crippen LogP contribution in [0.3, 0.4) is 0 Å². The van der Waals surface area contributed by atoms with Crippen LogP contribution in [-0.2, 0) is 0 Å². The Labute approximate surface area is 167 Å². The summed E-state index contributed by atoms with van der Waals surface area (Å²) in [5, 5.41) is 20.8. The standard InChI is InChI=1S/C22H23F2N5/c1-5-16(25)29-20-15(28-22(3,4)21(29)26)9-14(23)17(18(20)24)13-8-6-7-12-11(2)10-27-19(12)13/h6-10,25-28H,5H2,1-4H3. The Morgan fingerprint density at radius 2 is 1.97 bits per heavy atom. The van der Waals surface area contributed by atoms with Gasteiger partial charge in [0.15, 0.2) is 5.82 Å².